The number of sulfonamides is 1. The lowest BCUT2D eigenvalue weighted by molar-refractivity contribution is 0.102. The van der Waals surface area contributed by atoms with E-state index in [2.05, 4.69) is 5.32 Å². The summed E-state index contributed by atoms with van der Waals surface area (Å²) in [5, 5.41) is 2.86. The van der Waals surface area contributed by atoms with Crippen molar-refractivity contribution in [2.45, 2.75) is 20.1 Å². The van der Waals surface area contributed by atoms with Gasteiger partial charge < -0.3 is 10.1 Å². The Morgan fingerprint density at radius 1 is 0.833 bits per heavy atom. The Kier molecular flexibility index (Phi) is 7.71. The zero-order valence-corrected chi connectivity index (χ0v) is 21.0. The maximum atomic E-state index is 12.7. The molecule has 0 saturated heterocycles. The van der Waals surface area contributed by atoms with E-state index in [1.54, 1.807) is 48.5 Å². The quantitative estimate of drug-likeness (QED) is 0.316. The van der Waals surface area contributed by atoms with E-state index in [0.717, 1.165) is 16.7 Å². The predicted molar refractivity (Wildman–Crippen MR) is 144 cm³/mol. The molecule has 0 aliphatic rings. The summed E-state index contributed by atoms with van der Waals surface area (Å²) in [6.45, 7) is 2.63. The molecule has 0 unspecified atom stereocenters. The van der Waals surface area contributed by atoms with Gasteiger partial charge in [-0.3, -0.25) is 9.10 Å². The summed E-state index contributed by atoms with van der Waals surface area (Å²) in [6, 6.07) is 31.3. The van der Waals surface area contributed by atoms with Crippen LogP contribution in [0.3, 0.4) is 0 Å². The first kappa shape index (κ1) is 25.0. The Hall–Kier alpha value is -4.10. The molecule has 4 rings (SSSR count). The number of nitrogens with one attached hydrogen (secondary N) is 1. The average molecular weight is 501 g/mol. The normalized spacial score (nSPS) is 11.1. The van der Waals surface area contributed by atoms with Crippen LogP contribution in [0.4, 0.5) is 11.4 Å². The van der Waals surface area contributed by atoms with Crippen LogP contribution in [0, 0.1) is 6.92 Å². The van der Waals surface area contributed by atoms with E-state index in [-0.39, 0.29) is 12.5 Å². The minimum atomic E-state index is -3.52. The standard InChI is InChI=1S/C29H28N2O4S/c1-22-8-6-7-11-25(22)20-31(36(2,33)34)27-16-12-24(13-17-27)29(32)30-26-14-18-28(19-15-26)35-21-23-9-4-3-5-10-23/h3-19H,20-21H2,1-2H3,(H,30,32). The number of carbonyl (C=O) groups is 1. The van der Waals surface area contributed by atoms with Gasteiger partial charge >= 0.3 is 0 Å². The van der Waals surface area contributed by atoms with Gasteiger partial charge in [-0.05, 0) is 72.1 Å². The molecule has 0 radical (unpaired) electrons. The zero-order valence-electron chi connectivity index (χ0n) is 20.2. The van der Waals surface area contributed by atoms with Crippen LogP contribution in [-0.2, 0) is 23.2 Å². The third-order valence-corrected chi connectivity index (χ3v) is 6.89. The van der Waals surface area contributed by atoms with E-state index < -0.39 is 10.0 Å². The van der Waals surface area contributed by atoms with Gasteiger partial charge in [-0.2, -0.15) is 0 Å². The molecule has 184 valence electrons. The molecule has 1 N–H and O–H groups in total. The minimum Gasteiger partial charge on any atom is -0.489 e. The fraction of sp³-hybridized carbons (Fsp3) is 0.138. The summed E-state index contributed by atoms with van der Waals surface area (Å²) in [5.41, 5.74) is 4.56. The molecule has 0 atom stereocenters. The van der Waals surface area contributed by atoms with Gasteiger partial charge in [-0.1, -0.05) is 54.6 Å². The van der Waals surface area contributed by atoms with Crippen molar-refractivity contribution in [3.8, 4) is 5.75 Å². The van der Waals surface area contributed by atoms with Gasteiger partial charge in [0.25, 0.3) is 5.91 Å². The molecule has 6 nitrogen and oxygen atoms in total. The average Bonchev–Trinajstić information content (AvgIpc) is 2.88. The Bertz CT molecular complexity index is 1420. The maximum Gasteiger partial charge on any atom is 0.255 e. The summed E-state index contributed by atoms with van der Waals surface area (Å²) < 4.78 is 32.1. The van der Waals surface area contributed by atoms with Gasteiger partial charge in [-0.15, -0.1) is 0 Å². The highest BCUT2D eigenvalue weighted by Crippen LogP contribution is 2.23. The highest BCUT2D eigenvalue weighted by Gasteiger charge is 2.19. The van der Waals surface area contributed by atoms with Crippen LogP contribution in [0.5, 0.6) is 5.75 Å². The van der Waals surface area contributed by atoms with Crippen molar-refractivity contribution in [2.24, 2.45) is 0 Å². The summed E-state index contributed by atoms with van der Waals surface area (Å²) in [4.78, 5) is 12.7. The second kappa shape index (κ2) is 11.1. The van der Waals surface area contributed by atoms with Crippen molar-refractivity contribution >= 4 is 27.3 Å². The molecule has 0 aliphatic carbocycles. The lowest BCUT2D eigenvalue weighted by Gasteiger charge is -2.23. The number of rotatable bonds is 9. The molecule has 0 saturated carbocycles. The molecule has 0 aromatic heterocycles. The van der Waals surface area contributed by atoms with Crippen LogP contribution in [0.1, 0.15) is 27.0 Å². The first-order valence-corrected chi connectivity index (χ1v) is 13.3. The van der Waals surface area contributed by atoms with E-state index >= 15 is 0 Å². The number of hydrogen-bond donors (Lipinski definition) is 1. The summed E-state index contributed by atoms with van der Waals surface area (Å²) in [6.07, 6.45) is 1.18. The van der Waals surface area contributed by atoms with E-state index in [4.69, 9.17) is 4.74 Å². The van der Waals surface area contributed by atoms with Crippen molar-refractivity contribution in [3.05, 3.63) is 125 Å². The number of amides is 1. The molecule has 0 heterocycles. The van der Waals surface area contributed by atoms with Crippen LogP contribution in [0.25, 0.3) is 0 Å². The van der Waals surface area contributed by atoms with Gasteiger partial charge in [-0.25, -0.2) is 8.42 Å². The number of aryl methyl sites for hydroxylation is 1. The van der Waals surface area contributed by atoms with Crippen molar-refractivity contribution < 1.29 is 17.9 Å². The van der Waals surface area contributed by atoms with Crippen LogP contribution in [0.15, 0.2) is 103 Å². The molecule has 0 spiro atoms. The van der Waals surface area contributed by atoms with E-state index in [1.807, 2.05) is 61.5 Å². The van der Waals surface area contributed by atoms with Crippen molar-refractivity contribution in [3.63, 3.8) is 0 Å². The van der Waals surface area contributed by atoms with Crippen molar-refractivity contribution in [1.82, 2.24) is 0 Å². The smallest absolute Gasteiger partial charge is 0.255 e. The van der Waals surface area contributed by atoms with Crippen molar-refractivity contribution in [1.29, 1.82) is 0 Å². The highest BCUT2D eigenvalue weighted by atomic mass is 32.2. The molecule has 0 fully saturated rings. The second-order valence-electron chi connectivity index (χ2n) is 8.50. The molecule has 7 heteroatoms. The van der Waals surface area contributed by atoms with Crippen LogP contribution in [0.2, 0.25) is 0 Å². The number of hydrogen-bond acceptors (Lipinski definition) is 4. The number of carbonyl (C=O) groups excluding carboxylic acids is 1. The van der Waals surface area contributed by atoms with Gasteiger partial charge in [0.15, 0.2) is 0 Å². The van der Waals surface area contributed by atoms with Crippen molar-refractivity contribution in [2.75, 3.05) is 15.9 Å². The fourth-order valence-corrected chi connectivity index (χ4v) is 4.58. The highest BCUT2D eigenvalue weighted by molar-refractivity contribution is 7.92. The maximum absolute atomic E-state index is 12.7. The zero-order chi connectivity index (χ0) is 25.5. The number of anilines is 2. The van der Waals surface area contributed by atoms with Gasteiger partial charge in [0, 0.05) is 11.3 Å². The molecule has 36 heavy (non-hydrogen) atoms. The van der Waals surface area contributed by atoms with Gasteiger partial charge in [0.2, 0.25) is 10.0 Å². The fourth-order valence-electron chi connectivity index (χ4n) is 3.70. The van der Waals surface area contributed by atoms with Gasteiger partial charge in [0.05, 0.1) is 18.5 Å². The molecule has 4 aromatic carbocycles. The lowest BCUT2D eigenvalue weighted by Crippen LogP contribution is -2.29. The molecule has 0 aliphatic heterocycles. The van der Waals surface area contributed by atoms with Crippen LogP contribution >= 0.6 is 0 Å². The van der Waals surface area contributed by atoms with E-state index in [1.165, 1.54) is 10.6 Å². The SMILES string of the molecule is Cc1ccccc1CN(c1ccc(C(=O)Nc2ccc(OCc3ccccc3)cc2)cc1)S(C)(=O)=O. The van der Waals surface area contributed by atoms with E-state index in [9.17, 15) is 13.2 Å². The summed E-state index contributed by atoms with van der Waals surface area (Å²) in [5.74, 6) is 0.417. The molecule has 1 amide bonds. The number of nitrogens with zero attached hydrogens (tertiary/aromatic N) is 1. The Labute approximate surface area is 212 Å². The summed E-state index contributed by atoms with van der Waals surface area (Å²) >= 11 is 0. The minimum absolute atomic E-state index is 0.218. The third kappa shape index (κ3) is 6.52. The number of ether oxygens (including phenoxy) is 1. The molecular formula is C29H28N2O4S. The van der Waals surface area contributed by atoms with Crippen LogP contribution < -0.4 is 14.4 Å². The largest absolute Gasteiger partial charge is 0.489 e. The molecular weight excluding hydrogens is 472 g/mol. The molecule has 4 aromatic rings. The first-order chi connectivity index (χ1) is 17.3. The molecule has 0 bridgehead atoms. The van der Waals surface area contributed by atoms with Crippen LogP contribution in [-0.4, -0.2) is 20.6 Å². The monoisotopic (exact) mass is 500 g/mol. The first-order valence-electron chi connectivity index (χ1n) is 11.5. The Morgan fingerprint density at radius 2 is 1.47 bits per heavy atom. The Balaban J connectivity index is 1.40. The third-order valence-electron chi connectivity index (χ3n) is 5.75. The topological polar surface area (TPSA) is 75.7 Å². The number of benzene rings is 4. The predicted octanol–water partition coefficient (Wildman–Crippen LogP) is 5.79. The second-order valence-corrected chi connectivity index (χ2v) is 10.4. The van der Waals surface area contributed by atoms with Gasteiger partial charge in [0.1, 0.15) is 12.4 Å². The van der Waals surface area contributed by atoms with E-state index in [0.29, 0.717) is 29.3 Å². The summed E-state index contributed by atoms with van der Waals surface area (Å²) in [7, 11) is -3.52. The Morgan fingerprint density at radius 3 is 2.11 bits per heavy atom. The lowest BCUT2D eigenvalue weighted by atomic mass is 10.1.